The maximum Gasteiger partial charge on any atom is 0.339 e. The molecule has 0 N–H and O–H groups in total. The van der Waals surface area contributed by atoms with E-state index < -0.39 is 26.5 Å². The highest BCUT2D eigenvalue weighted by Gasteiger charge is 2.40. The largest absolute Gasteiger partial charge is 0.379 e. The minimum absolute atomic E-state index is 0.0307. The number of carbonyl (C=O) groups excluding carboxylic acids is 1. The van der Waals surface area contributed by atoms with Gasteiger partial charge in [0.1, 0.15) is 16.9 Å². The Kier molecular flexibility index (Phi) is 6.00. The van der Waals surface area contributed by atoms with Crippen molar-refractivity contribution in [3.8, 4) is 5.75 Å². The number of hydrogen-bond acceptors (Lipinski definition) is 6. The number of aryl methyl sites for hydroxylation is 1. The Morgan fingerprint density at radius 3 is 2.19 bits per heavy atom. The molecule has 0 amide bonds. The van der Waals surface area contributed by atoms with E-state index in [0.29, 0.717) is 11.8 Å². The highest BCUT2D eigenvalue weighted by atomic mass is 32.2. The summed E-state index contributed by atoms with van der Waals surface area (Å²) in [6, 6.07) is 11.2. The van der Waals surface area contributed by atoms with E-state index in [1.807, 2.05) is 6.92 Å². The van der Waals surface area contributed by atoms with Gasteiger partial charge in [-0.15, -0.1) is 0 Å². The third-order valence-corrected chi connectivity index (χ3v) is 6.04. The molecule has 2 aromatic rings. The van der Waals surface area contributed by atoms with Crippen molar-refractivity contribution in [2.45, 2.75) is 43.5 Å². The number of carbonyl (C=O) groups is 1. The van der Waals surface area contributed by atoms with Crippen molar-refractivity contribution in [3.63, 3.8) is 0 Å². The van der Waals surface area contributed by atoms with Crippen LogP contribution in [0.25, 0.3) is 0 Å². The van der Waals surface area contributed by atoms with Crippen LogP contribution in [-0.4, -0.2) is 25.7 Å². The van der Waals surface area contributed by atoms with Crippen LogP contribution in [0.15, 0.2) is 53.4 Å². The van der Waals surface area contributed by atoms with E-state index >= 15 is 0 Å². The zero-order valence-electron chi connectivity index (χ0n) is 15.3. The van der Waals surface area contributed by atoms with Crippen LogP contribution >= 0.6 is 0 Å². The lowest BCUT2D eigenvalue weighted by Gasteiger charge is -2.29. The summed E-state index contributed by atoms with van der Waals surface area (Å²) >= 11 is 0. The quantitative estimate of drug-likeness (QED) is 0.296. The third-order valence-electron chi connectivity index (χ3n) is 4.78. The average Bonchev–Trinajstić information content (AvgIpc) is 2.61. The molecule has 0 saturated heterocycles. The summed E-state index contributed by atoms with van der Waals surface area (Å²) in [4.78, 5) is 21.8. The maximum absolute atomic E-state index is 12.3. The molecule has 0 aliphatic heterocycles. The van der Waals surface area contributed by atoms with Crippen LogP contribution in [0.3, 0.4) is 0 Å². The molecule has 2 aromatic carbocycles. The van der Waals surface area contributed by atoms with Crippen LogP contribution < -0.4 is 4.18 Å². The fourth-order valence-corrected chi connectivity index (χ4v) is 3.64. The molecule has 2 rings (SSSR count). The summed E-state index contributed by atoms with van der Waals surface area (Å²) < 4.78 is 29.8. The zero-order valence-corrected chi connectivity index (χ0v) is 16.1. The van der Waals surface area contributed by atoms with Crippen LogP contribution in [-0.2, 0) is 20.3 Å². The molecule has 0 spiro atoms. The van der Waals surface area contributed by atoms with E-state index in [-0.39, 0.29) is 17.1 Å². The Morgan fingerprint density at radius 2 is 1.70 bits per heavy atom. The summed E-state index contributed by atoms with van der Waals surface area (Å²) in [7, 11) is -3.98. The van der Waals surface area contributed by atoms with Gasteiger partial charge >= 0.3 is 10.1 Å². The number of rotatable bonds is 8. The smallest absolute Gasteiger partial charge is 0.339 e. The first-order valence-corrected chi connectivity index (χ1v) is 9.70. The lowest BCUT2D eigenvalue weighted by Crippen LogP contribution is -2.40. The molecule has 2 atom stereocenters. The predicted octanol–water partition coefficient (Wildman–Crippen LogP) is 3.27. The molecule has 0 aromatic heterocycles. The van der Waals surface area contributed by atoms with Gasteiger partial charge < -0.3 is 8.98 Å². The standard InChI is InChI=1S/C19H21NO6S/c1-14-4-10-18(11-5-14)27(24,25)26-17-8-6-16(7-9-17)19(3,12-13-21)15(2)20(22)23/h4-11,13,15H,12H2,1-3H3/t15?,19-/m1/s1. The second kappa shape index (κ2) is 7.87. The summed E-state index contributed by atoms with van der Waals surface area (Å²) in [5.41, 5.74) is 0.464. The number of nitrogens with zero attached hydrogens (tertiary/aromatic N) is 1. The molecular weight excluding hydrogens is 370 g/mol. The van der Waals surface area contributed by atoms with Gasteiger partial charge in [-0.05, 0) is 43.7 Å². The van der Waals surface area contributed by atoms with Crippen LogP contribution in [0, 0.1) is 17.0 Å². The lowest BCUT2D eigenvalue weighted by atomic mass is 9.74. The fourth-order valence-electron chi connectivity index (χ4n) is 2.71. The van der Waals surface area contributed by atoms with Crippen LogP contribution in [0.1, 0.15) is 31.4 Å². The van der Waals surface area contributed by atoms with Gasteiger partial charge in [0.05, 0.1) is 5.41 Å². The van der Waals surface area contributed by atoms with E-state index in [9.17, 15) is 23.3 Å². The molecule has 0 aliphatic carbocycles. The minimum Gasteiger partial charge on any atom is -0.379 e. The Morgan fingerprint density at radius 1 is 1.15 bits per heavy atom. The van der Waals surface area contributed by atoms with Crippen molar-refractivity contribution in [2.75, 3.05) is 0 Å². The van der Waals surface area contributed by atoms with Gasteiger partial charge in [0.15, 0.2) is 0 Å². The normalized spacial score (nSPS) is 14.8. The van der Waals surface area contributed by atoms with E-state index in [0.717, 1.165) is 5.56 Å². The van der Waals surface area contributed by atoms with Gasteiger partial charge in [0, 0.05) is 18.3 Å². The molecule has 1 unspecified atom stereocenters. The zero-order chi connectivity index (χ0) is 20.2. The predicted molar refractivity (Wildman–Crippen MR) is 99.9 cm³/mol. The van der Waals surface area contributed by atoms with Crippen molar-refractivity contribution < 1.29 is 22.3 Å². The topological polar surface area (TPSA) is 104 Å². The third kappa shape index (κ3) is 4.51. The number of hydrogen-bond donors (Lipinski definition) is 0. The molecule has 7 nitrogen and oxygen atoms in total. The van der Waals surface area contributed by atoms with Gasteiger partial charge in [0.25, 0.3) is 0 Å². The second-order valence-electron chi connectivity index (χ2n) is 6.62. The first-order valence-electron chi connectivity index (χ1n) is 8.29. The molecule has 0 aliphatic rings. The van der Waals surface area contributed by atoms with Crippen molar-refractivity contribution in [2.24, 2.45) is 0 Å². The second-order valence-corrected chi connectivity index (χ2v) is 8.17. The maximum atomic E-state index is 12.3. The fraction of sp³-hybridized carbons (Fsp3) is 0.316. The molecule has 27 heavy (non-hydrogen) atoms. The molecule has 8 heteroatoms. The van der Waals surface area contributed by atoms with Crippen LogP contribution in [0.4, 0.5) is 0 Å². The van der Waals surface area contributed by atoms with Crippen LogP contribution in [0.5, 0.6) is 5.75 Å². The molecular formula is C19H21NO6S. The van der Waals surface area contributed by atoms with Crippen molar-refractivity contribution >= 4 is 16.4 Å². The van der Waals surface area contributed by atoms with Gasteiger partial charge in [-0.3, -0.25) is 10.1 Å². The molecule has 144 valence electrons. The Balaban J connectivity index is 2.29. The Hall–Kier alpha value is -2.74. The van der Waals surface area contributed by atoms with Gasteiger partial charge in [-0.2, -0.15) is 8.42 Å². The monoisotopic (exact) mass is 391 g/mol. The van der Waals surface area contributed by atoms with Crippen molar-refractivity contribution in [1.29, 1.82) is 0 Å². The van der Waals surface area contributed by atoms with E-state index in [4.69, 9.17) is 4.18 Å². The average molecular weight is 391 g/mol. The number of benzene rings is 2. The number of aldehydes is 1. The first-order chi connectivity index (χ1) is 12.6. The highest BCUT2D eigenvalue weighted by molar-refractivity contribution is 7.87. The van der Waals surface area contributed by atoms with Gasteiger partial charge in [-0.25, -0.2) is 0 Å². The SMILES string of the molecule is Cc1ccc(S(=O)(=O)Oc2ccc([C@](C)(CC=O)C(C)[N+](=O)[O-])cc2)cc1. The number of nitro groups is 1. The van der Waals surface area contributed by atoms with E-state index in [1.54, 1.807) is 31.2 Å². The van der Waals surface area contributed by atoms with E-state index in [1.165, 1.54) is 31.2 Å². The summed E-state index contributed by atoms with van der Waals surface area (Å²) in [5.74, 6) is 0.0848. The lowest BCUT2D eigenvalue weighted by molar-refractivity contribution is -0.529. The summed E-state index contributed by atoms with van der Waals surface area (Å²) in [6.07, 6.45) is 0.614. The van der Waals surface area contributed by atoms with E-state index in [2.05, 4.69) is 0 Å². The summed E-state index contributed by atoms with van der Waals surface area (Å²) in [6.45, 7) is 4.92. The first kappa shape index (κ1) is 20.6. The Bertz CT molecular complexity index is 922. The highest BCUT2D eigenvalue weighted by Crippen LogP contribution is 2.33. The van der Waals surface area contributed by atoms with Gasteiger partial charge in [-0.1, -0.05) is 29.8 Å². The summed E-state index contributed by atoms with van der Waals surface area (Å²) in [5, 5.41) is 11.2. The molecule has 0 saturated carbocycles. The Labute approximate surface area is 158 Å². The molecule has 0 bridgehead atoms. The van der Waals surface area contributed by atoms with Crippen molar-refractivity contribution in [1.82, 2.24) is 0 Å². The van der Waals surface area contributed by atoms with Gasteiger partial charge in [0.2, 0.25) is 6.04 Å². The van der Waals surface area contributed by atoms with Crippen LogP contribution in [0.2, 0.25) is 0 Å². The van der Waals surface area contributed by atoms with Crippen molar-refractivity contribution in [3.05, 3.63) is 69.8 Å². The molecule has 0 fully saturated rings. The minimum atomic E-state index is -3.98. The molecule has 0 radical (unpaired) electrons. The molecule has 0 heterocycles.